The Morgan fingerprint density at radius 3 is 2.63 bits per heavy atom. The maximum atomic E-state index is 12.2. The first-order chi connectivity index (χ1) is 9.08. The molecule has 0 saturated carbocycles. The van der Waals surface area contributed by atoms with Crippen LogP contribution in [-0.2, 0) is 0 Å². The molecule has 19 heavy (non-hydrogen) atoms. The monoisotopic (exact) mass is 292 g/mol. The third-order valence-electron chi connectivity index (χ3n) is 2.82. The number of hydrogen-bond donors (Lipinski definition) is 2. The Hall–Kier alpha value is -2.05. The van der Waals surface area contributed by atoms with Crippen LogP contribution in [0.3, 0.4) is 0 Å². The summed E-state index contributed by atoms with van der Waals surface area (Å²) in [5.41, 5.74) is 6.89. The van der Waals surface area contributed by atoms with Gasteiger partial charge >= 0.3 is 0 Å². The highest BCUT2D eigenvalue weighted by Crippen LogP contribution is 2.31. The molecule has 96 valence electrons. The molecule has 0 aliphatic carbocycles. The van der Waals surface area contributed by atoms with E-state index in [1.54, 1.807) is 12.1 Å². The number of hydrogen-bond acceptors (Lipinski definition) is 5. The van der Waals surface area contributed by atoms with Gasteiger partial charge in [-0.2, -0.15) is 4.68 Å². The normalized spacial score (nSPS) is 11.0. The molecule has 0 aliphatic heterocycles. The van der Waals surface area contributed by atoms with Crippen LogP contribution >= 0.6 is 22.9 Å². The van der Waals surface area contributed by atoms with Gasteiger partial charge in [0.25, 0.3) is 5.56 Å². The highest BCUT2D eigenvalue weighted by molar-refractivity contribution is 7.17. The Labute approximate surface area is 117 Å². The summed E-state index contributed by atoms with van der Waals surface area (Å²) in [4.78, 5) is 16.9. The smallest absolute Gasteiger partial charge is 0.282 e. The SMILES string of the molecule is Nc1nc2scc(-c3ccc(Cl)cc3)c2c(=O)n1N. The lowest BCUT2D eigenvalue weighted by molar-refractivity contribution is 0.936. The van der Waals surface area contributed by atoms with Gasteiger partial charge in [0.2, 0.25) is 5.95 Å². The van der Waals surface area contributed by atoms with E-state index in [1.165, 1.54) is 11.3 Å². The van der Waals surface area contributed by atoms with E-state index in [9.17, 15) is 4.79 Å². The number of nitrogen functional groups attached to an aromatic ring is 2. The van der Waals surface area contributed by atoms with Gasteiger partial charge in [-0.15, -0.1) is 11.3 Å². The molecule has 2 aromatic heterocycles. The Balaban J connectivity index is 2.34. The minimum Gasteiger partial charge on any atom is -0.368 e. The second-order valence-corrected chi connectivity index (χ2v) is 5.28. The first kappa shape index (κ1) is 12.0. The van der Waals surface area contributed by atoms with Gasteiger partial charge in [0, 0.05) is 16.0 Å². The summed E-state index contributed by atoms with van der Waals surface area (Å²) >= 11 is 7.21. The van der Waals surface area contributed by atoms with Crippen LogP contribution in [0.5, 0.6) is 0 Å². The molecule has 4 N–H and O–H groups in total. The van der Waals surface area contributed by atoms with Crippen molar-refractivity contribution in [2.24, 2.45) is 0 Å². The number of benzene rings is 1. The predicted molar refractivity (Wildman–Crippen MR) is 78.9 cm³/mol. The number of rotatable bonds is 1. The molecule has 3 aromatic rings. The summed E-state index contributed by atoms with van der Waals surface area (Å²) in [6, 6.07) is 7.24. The van der Waals surface area contributed by atoms with E-state index in [2.05, 4.69) is 4.98 Å². The Morgan fingerprint density at radius 1 is 1.26 bits per heavy atom. The lowest BCUT2D eigenvalue weighted by atomic mass is 10.1. The van der Waals surface area contributed by atoms with Gasteiger partial charge in [-0.05, 0) is 17.7 Å². The van der Waals surface area contributed by atoms with Crippen LogP contribution in [0.15, 0.2) is 34.4 Å². The summed E-state index contributed by atoms with van der Waals surface area (Å²) < 4.78 is 0.856. The number of anilines is 1. The fraction of sp³-hybridized carbons (Fsp3) is 0. The average Bonchev–Trinajstić information content (AvgIpc) is 2.81. The highest BCUT2D eigenvalue weighted by Gasteiger charge is 2.14. The fourth-order valence-electron chi connectivity index (χ4n) is 1.86. The molecule has 7 heteroatoms. The van der Waals surface area contributed by atoms with Crippen molar-refractivity contribution >= 4 is 39.1 Å². The molecular formula is C12H9ClN4OS. The summed E-state index contributed by atoms with van der Waals surface area (Å²) in [5, 5.41) is 2.98. The zero-order valence-corrected chi connectivity index (χ0v) is 11.2. The molecule has 0 fully saturated rings. The van der Waals surface area contributed by atoms with Crippen LogP contribution < -0.4 is 17.1 Å². The van der Waals surface area contributed by atoms with Gasteiger partial charge in [0.05, 0.1) is 5.39 Å². The standard InChI is InChI=1S/C12H9ClN4OS/c13-7-3-1-6(2-4-7)8-5-19-10-9(8)11(18)17(15)12(14)16-10/h1-5H,15H2,(H2,14,16). The van der Waals surface area contributed by atoms with Gasteiger partial charge in [-0.1, -0.05) is 23.7 Å². The van der Waals surface area contributed by atoms with Crippen molar-refractivity contribution < 1.29 is 0 Å². The zero-order chi connectivity index (χ0) is 13.6. The molecule has 0 unspecified atom stereocenters. The number of thiophene rings is 1. The Kier molecular flexibility index (Phi) is 2.69. The third-order valence-corrected chi connectivity index (χ3v) is 3.95. The molecule has 0 aliphatic rings. The minimum atomic E-state index is -0.353. The van der Waals surface area contributed by atoms with Gasteiger partial charge < -0.3 is 11.6 Å². The molecule has 1 aromatic carbocycles. The van der Waals surface area contributed by atoms with E-state index in [0.29, 0.717) is 15.2 Å². The maximum Gasteiger partial charge on any atom is 0.282 e. The highest BCUT2D eigenvalue weighted by atomic mass is 35.5. The average molecular weight is 293 g/mol. The van der Waals surface area contributed by atoms with Crippen LogP contribution in [0.25, 0.3) is 21.3 Å². The molecule has 0 radical (unpaired) electrons. The first-order valence-electron chi connectivity index (χ1n) is 5.38. The van der Waals surface area contributed by atoms with Gasteiger partial charge in [0.1, 0.15) is 4.83 Å². The van der Waals surface area contributed by atoms with Crippen molar-refractivity contribution in [3.63, 3.8) is 0 Å². The van der Waals surface area contributed by atoms with Crippen molar-refractivity contribution in [3.8, 4) is 11.1 Å². The van der Waals surface area contributed by atoms with E-state index >= 15 is 0 Å². The second-order valence-electron chi connectivity index (χ2n) is 3.98. The lowest BCUT2D eigenvalue weighted by Gasteiger charge is -2.03. The lowest BCUT2D eigenvalue weighted by Crippen LogP contribution is -2.30. The number of fused-ring (bicyclic) bond motifs is 1. The van der Waals surface area contributed by atoms with Crippen LogP contribution in [0.1, 0.15) is 0 Å². The Bertz CT molecular complexity index is 822. The van der Waals surface area contributed by atoms with Crippen molar-refractivity contribution in [1.82, 2.24) is 9.66 Å². The molecule has 2 heterocycles. The maximum absolute atomic E-state index is 12.2. The zero-order valence-electron chi connectivity index (χ0n) is 9.63. The van der Waals surface area contributed by atoms with Crippen molar-refractivity contribution in [3.05, 3.63) is 45.0 Å². The van der Waals surface area contributed by atoms with Gasteiger partial charge in [-0.25, -0.2) is 4.98 Å². The van der Waals surface area contributed by atoms with E-state index in [1.807, 2.05) is 17.5 Å². The molecule has 0 atom stereocenters. The number of halogens is 1. The first-order valence-corrected chi connectivity index (χ1v) is 6.64. The molecule has 0 amide bonds. The van der Waals surface area contributed by atoms with E-state index in [0.717, 1.165) is 15.8 Å². The van der Waals surface area contributed by atoms with E-state index in [4.69, 9.17) is 23.2 Å². The number of nitrogens with zero attached hydrogens (tertiary/aromatic N) is 2. The second kappa shape index (κ2) is 4.25. The predicted octanol–water partition coefficient (Wildman–Crippen LogP) is 2.07. The van der Waals surface area contributed by atoms with Crippen molar-refractivity contribution in [1.29, 1.82) is 0 Å². The van der Waals surface area contributed by atoms with Crippen LogP contribution in [0.2, 0.25) is 5.02 Å². The minimum absolute atomic E-state index is 0.00186. The topological polar surface area (TPSA) is 86.9 Å². The molecule has 0 saturated heterocycles. The van der Waals surface area contributed by atoms with E-state index in [-0.39, 0.29) is 11.5 Å². The molecule has 5 nitrogen and oxygen atoms in total. The third kappa shape index (κ3) is 1.85. The largest absolute Gasteiger partial charge is 0.368 e. The number of nitrogens with two attached hydrogens (primary N) is 2. The summed E-state index contributed by atoms with van der Waals surface area (Å²) in [5.74, 6) is 5.58. The molecule has 0 bridgehead atoms. The van der Waals surface area contributed by atoms with Crippen molar-refractivity contribution in [2.45, 2.75) is 0 Å². The quantitative estimate of drug-likeness (QED) is 0.672. The van der Waals surface area contributed by atoms with E-state index < -0.39 is 0 Å². The van der Waals surface area contributed by atoms with Crippen LogP contribution in [0.4, 0.5) is 5.95 Å². The van der Waals surface area contributed by atoms with Crippen molar-refractivity contribution in [2.75, 3.05) is 11.6 Å². The van der Waals surface area contributed by atoms with Crippen LogP contribution in [-0.4, -0.2) is 9.66 Å². The summed E-state index contributed by atoms with van der Waals surface area (Å²) in [6.07, 6.45) is 0. The Morgan fingerprint density at radius 2 is 1.95 bits per heavy atom. The fourth-order valence-corrected chi connectivity index (χ4v) is 2.93. The molecule has 3 rings (SSSR count). The number of aromatic nitrogens is 2. The molecular weight excluding hydrogens is 284 g/mol. The molecule has 0 spiro atoms. The summed E-state index contributed by atoms with van der Waals surface area (Å²) in [7, 11) is 0. The summed E-state index contributed by atoms with van der Waals surface area (Å²) in [6.45, 7) is 0. The van der Waals surface area contributed by atoms with Crippen LogP contribution in [0, 0.1) is 0 Å². The van der Waals surface area contributed by atoms with Gasteiger partial charge in [-0.3, -0.25) is 4.79 Å². The van der Waals surface area contributed by atoms with Gasteiger partial charge in [0.15, 0.2) is 0 Å².